The molecule has 0 radical (unpaired) electrons. The van der Waals surface area contributed by atoms with Crippen molar-refractivity contribution in [2.75, 3.05) is 26.1 Å². The van der Waals surface area contributed by atoms with Crippen molar-refractivity contribution in [3.05, 3.63) is 54.1 Å². The van der Waals surface area contributed by atoms with E-state index in [1.165, 1.54) is 0 Å². The van der Waals surface area contributed by atoms with Crippen LogP contribution < -0.4 is 20.1 Å². The van der Waals surface area contributed by atoms with Gasteiger partial charge in [-0.15, -0.1) is 0 Å². The lowest BCUT2D eigenvalue weighted by atomic mass is 10.2. The average molecular weight is 314 g/mol. The van der Waals surface area contributed by atoms with E-state index >= 15 is 0 Å². The predicted molar refractivity (Wildman–Crippen MR) is 87.0 cm³/mol. The van der Waals surface area contributed by atoms with Gasteiger partial charge in [0.2, 0.25) is 5.91 Å². The summed E-state index contributed by atoms with van der Waals surface area (Å²) in [5.41, 5.74) is 1.09. The standard InChI is InChI=1S/C17H18N2O4/c1-22-14-7-3-12(4-8-14)17(21)18-11-16(20)19-13-5-9-15(23-2)10-6-13/h3-10H,11H2,1-2H3,(H,18,21)(H,19,20). The Balaban J connectivity index is 1.83. The van der Waals surface area contributed by atoms with Crippen LogP contribution in [0.5, 0.6) is 11.5 Å². The Morgan fingerprint density at radius 2 is 1.39 bits per heavy atom. The monoisotopic (exact) mass is 314 g/mol. The van der Waals surface area contributed by atoms with E-state index in [0.29, 0.717) is 22.7 Å². The van der Waals surface area contributed by atoms with Gasteiger partial charge in [0.25, 0.3) is 5.91 Å². The second kappa shape index (κ2) is 7.84. The maximum atomic E-state index is 11.9. The molecule has 2 rings (SSSR count). The normalized spacial score (nSPS) is 9.83. The van der Waals surface area contributed by atoms with Crippen molar-refractivity contribution in [2.24, 2.45) is 0 Å². The lowest BCUT2D eigenvalue weighted by Crippen LogP contribution is -2.32. The number of anilines is 1. The third-order valence-electron chi connectivity index (χ3n) is 3.14. The van der Waals surface area contributed by atoms with E-state index in [4.69, 9.17) is 9.47 Å². The Labute approximate surface area is 134 Å². The fraction of sp³-hybridized carbons (Fsp3) is 0.176. The average Bonchev–Trinajstić information content (AvgIpc) is 2.60. The largest absolute Gasteiger partial charge is 0.497 e. The minimum absolute atomic E-state index is 0.114. The predicted octanol–water partition coefficient (Wildman–Crippen LogP) is 2.07. The summed E-state index contributed by atoms with van der Waals surface area (Å²) in [7, 11) is 3.13. The van der Waals surface area contributed by atoms with Gasteiger partial charge in [0.15, 0.2) is 0 Å². The molecule has 2 N–H and O–H groups in total. The molecule has 0 bridgehead atoms. The molecule has 0 unspecified atom stereocenters. The van der Waals surface area contributed by atoms with Gasteiger partial charge in [0.05, 0.1) is 20.8 Å². The second-order valence-electron chi connectivity index (χ2n) is 4.69. The molecule has 0 fully saturated rings. The van der Waals surface area contributed by atoms with Gasteiger partial charge in [-0.05, 0) is 48.5 Å². The summed E-state index contributed by atoms with van der Waals surface area (Å²) in [5.74, 6) is 0.740. The van der Waals surface area contributed by atoms with E-state index in [9.17, 15) is 9.59 Å². The van der Waals surface area contributed by atoms with Crippen molar-refractivity contribution in [3.63, 3.8) is 0 Å². The van der Waals surface area contributed by atoms with Crippen LogP contribution >= 0.6 is 0 Å². The maximum Gasteiger partial charge on any atom is 0.251 e. The SMILES string of the molecule is COc1ccc(NC(=O)CNC(=O)c2ccc(OC)cc2)cc1. The zero-order chi connectivity index (χ0) is 16.7. The van der Waals surface area contributed by atoms with Crippen molar-refractivity contribution in [3.8, 4) is 11.5 Å². The first-order chi connectivity index (χ1) is 11.1. The van der Waals surface area contributed by atoms with Crippen molar-refractivity contribution >= 4 is 17.5 Å². The minimum Gasteiger partial charge on any atom is -0.497 e. The number of amides is 2. The van der Waals surface area contributed by atoms with Gasteiger partial charge < -0.3 is 20.1 Å². The van der Waals surface area contributed by atoms with E-state index in [-0.39, 0.29) is 18.4 Å². The van der Waals surface area contributed by atoms with Crippen LogP contribution in [0.2, 0.25) is 0 Å². The zero-order valence-electron chi connectivity index (χ0n) is 13.0. The maximum absolute atomic E-state index is 11.9. The summed E-state index contributed by atoms with van der Waals surface area (Å²) < 4.78 is 10.1. The molecule has 0 heterocycles. The van der Waals surface area contributed by atoms with Crippen LogP contribution in [0, 0.1) is 0 Å². The van der Waals surface area contributed by atoms with Crippen LogP contribution in [0.3, 0.4) is 0 Å². The number of benzene rings is 2. The highest BCUT2D eigenvalue weighted by Gasteiger charge is 2.08. The van der Waals surface area contributed by atoms with Gasteiger partial charge in [0, 0.05) is 11.3 Å². The lowest BCUT2D eigenvalue weighted by molar-refractivity contribution is -0.115. The zero-order valence-corrected chi connectivity index (χ0v) is 13.0. The fourth-order valence-corrected chi connectivity index (χ4v) is 1.88. The minimum atomic E-state index is -0.322. The van der Waals surface area contributed by atoms with Gasteiger partial charge in [-0.25, -0.2) is 0 Å². The molecule has 0 aliphatic rings. The summed E-state index contributed by atoms with van der Waals surface area (Å²) >= 11 is 0. The van der Waals surface area contributed by atoms with Crippen molar-refractivity contribution < 1.29 is 19.1 Å². The van der Waals surface area contributed by atoms with Crippen LogP contribution in [-0.2, 0) is 4.79 Å². The molecule has 2 amide bonds. The number of methoxy groups -OCH3 is 2. The van der Waals surface area contributed by atoms with Crippen molar-refractivity contribution in [1.82, 2.24) is 5.32 Å². The molecule has 0 saturated heterocycles. The summed E-state index contributed by atoms with van der Waals surface area (Å²) in [6, 6.07) is 13.6. The Hall–Kier alpha value is -3.02. The van der Waals surface area contributed by atoms with Crippen LogP contribution in [0.15, 0.2) is 48.5 Å². The van der Waals surface area contributed by atoms with Gasteiger partial charge in [-0.2, -0.15) is 0 Å². The van der Waals surface area contributed by atoms with Crippen LogP contribution in [-0.4, -0.2) is 32.6 Å². The number of ether oxygens (including phenoxy) is 2. The third-order valence-corrected chi connectivity index (χ3v) is 3.14. The van der Waals surface area contributed by atoms with Gasteiger partial charge in [-0.1, -0.05) is 0 Å². The molecule has 2 aromatic rings. The molecular formula is C17H18N2O4. The second-order valence-corrected chi connectivity index (χ2v) is 4.69. The van der Waals surface area contributed by atoms with E-state index in [1.807, 2.05) is 0 Å². The topological polar surface area (TPSA) is 76.7 Å². The smallest absolute Gasteiger partial charge is 0.251 e. The molecule has 0 aliphatic heterocycles. The highest BCUT2D eigenvalue weighted by Crippen LogP contribution is 2.14. The Morgan fingerprint density at radius 3 is 1.91 bits per heavy atom. The number of hydrogen-bond donors (Lipinski definition) is 2. The molecule has 2 aromatic carbocycles. The number of carbonyl (C=O) groups is 2. The van der Waals surface area contributed by atoms with Crippen LogP contribution in [0.1, 0.15) is 10.4 Å². The Bertz CT molecular complexity index is 666. The van der Waals surface area contributed by atoms with E-state index in [2.05, 4.69) is 10.6 Å². The number of rotatable bonds is 6. The third kappa shape index (κ3) is 4.74. The molecule has 0 atom stereocenters. The molecule has 0 aliphatic carbocycles. The fourth-order valence-electron chi connectivity index (χ4n) is 1.88. The highest BCUT2D eigenvalue weighted by molar-refractivity contribution is 5.99. The van der Waals surface area contributed by atoms with Crippen LogP contribution in [0.4, 0.5) is 5.69 Å². The van der Waals surface area contributed by atoms with Crippen LogP contribution in [0.25, 0.3) is 0 Å². The molecule has 6 nitrogen and oxygen atoms in total. The van der Waals surface area contributed by atoms with Gasteiger partial charge >= 0.3 is 0 Å². The van der Waals surface area contributed by atoms with Crippen molar-refractivity contribution in [2.45, 2.75) is 0 Å². The molecule has 120 valence electrons. The molecule has 0 aromatic heterocycles. The highest BCUT2D eigenvalue weighted by atomic mass is 16.5. The van der Waals surface area contributed by atoms with E-state index in [1.54, 1.807) is 62.8 Å². The number of nitrogens with one attached hydrogen (secondary N) is 2. The molecule has 0 spiro atoms. The Kier molecular flexibility index (Phi) is 5.57. The van der Waals surface area contributed by atoms with Gasteiger partial charge in [-0.3, -0.25) is 9.59 Å². The molecule has 6 heteroatoms. The molecule has 23 heavy (non-hydrogen) atoms. The quantitative estimate of drug-likeness (QED) is 0.856. The van der Waals surface area contributed by atoms with Crippen molar-refractivity contribution in [1.29, 1.82) is 0 Å². The first-order valence-electron chi connectivity index (χ1n) is 6.98. The first kappa shape index (κ1) is 16.4. The number of hydrogen-bond acceptors (Lipinski definition) is 4. The number of carbonyl (C=O) groups excluding carboxylic acids is 2. The van der Waals surface area contributed by atoms with Gasteiger partial charge in [0.1, 0.15) is 11.5 Å². The summed E-state index contributed by atoms with van der Waals surface area (Å²) in [6.45, 7) is -0.114. The molecular weight excluding hydrogens is 296 g/mol. The van der Waals surface area contributed by atoms with E-state index < -0.39 is 0 Å². The summed E-state index contributed by atoms with van der Waals surface area (Å²) in [6.07, 6.45) is 0. The summed E-state index contributed by atoms with van der Waals surface area (Å²) in [5, 5.41) is 5.25. The lowest BCUT2D eigenvalue weighted by Gasteiger charge is -2.08. The summed E-state index contributed by atoms with van der Waals surface area (Å²) in [4.78, 5) is 23.8. The first-order valence-corrected chi connectivity index (χ1v) is 6.98. The van der Waals surface area contributed by atoms with E-state index in [0.717, 1.165) is 0 Å². The Morgan fingerprint density at radius 1 is 0.870 bits per heavy atom. The molecule has 0 saturated carbocycles.